The quantitative estimate of drug-likeness (QED) is 0.639. The Labute approximate surface area is 122 Å². The average Bonchev–Trinajstić information content (AvgIpc) is 2.42. The number of aromatic nitrogens is 2. The number of carboxylic acid groups (broad SMARTS) is 1. The van der Waals surface area contributed by atoms with Gasteiger partial charge in [0, 0.05) is 6.61 Å². The third-order valence-electron chi connectivity index (χ3n) is 2.47. The number of hydrogen-bond donors (Lipinski definition) is 0. The molecule has 1 aromatic carbocycles. The van der Waals surface area contributed by atoms with E-state index >= 15 is 0 Å². The second-order valence-corrected chi connectivity index (χ2v) is 4.30. The summed E-state index contributed by atoms with van der Waals surface area (Å²) in [5.74, 6) is -3.51. The Balaban J connectivity index is 2.30. The molecular formula is C13H8ClF2N2O3-. The average molecular weight is 314 g/mol. The zero-order chi connectivity index (χ0) is 15.5. The molecule has 5 nitrogen and oxygen atoms in total. The van der Waals surface area contributed by atoms with E-state index in [-0.39, 0.29) is 5.52 Å². The molecular weight excluding hydrogens is 306 g/mol. The van der Waals surface area contributed by atoms with Crippen LogP contribution in [0.4, 0.5) is 13.6 Å². The van der Waals surface area contributed by atoms with Crippen molar-refractivity contribution in [1.82, 2.24) is 9.97 Å². The molecule has 0 aliphatic heterocycles. The maximum atomic E-state index is 14.0. The highest BCUT2D eigenvalue weighted by Gasteiger charge is 2.33. The zero-order valence-electron chi connectivity index (χ0n) is 10.4. The standard InChI is InChI=1S/C13H9ClF2N2O3/c14-11-10(13(15,16)6-3-7-21-12(19)20)17-8-4-1-2-5-9(8)18-11/h1-6H,7H2,(H,19,20)/p-1/b6-3+. The smallest absolute Gasteiger partial charge is 0.311 e. The molecule has 2 rings (SSSR count). The van der Waals surface area contributed by atoms with E-state index in [1.807, 2.05) is 0 Å². The van der Waals surface area contributed by atoms with Crippen molar-refractivity contribution in [3.05, 3.63) is 47.3 Å². The topological polar surface area (TPSA) is 75.1 Å². The predicted octanol–water partition coefficient (Wildman–Crippen LogP) is 2.29. The van der Waals surface area contributed by atoms with E-state index in [2.05, 4.69) is 14.7 Å². The fourth-order valence-electron chi connectivity index (χ4n) is 1.58. The van der Waals surface area contributed by atoms with Crippen molar-refractivity contribution in [2.24, 2.45) is 0 Å². The van der Waals surface area contributed by atoms with Crippen molar-refractivity contribution in [2.45, 2.75) is 5.92 Å². The number of benzene rings is 1. The Morgan fingerprint density at radius 2 is 1.95 bits per heavy atom. The molecule has 8 heteroatoms. The van der Waals surface area contributed by atoms with Crippen LogP contribution >= 0.6 is 11.6 Å². The third kappa shape index (κ3) is 3.63. The molecule has 110 valence electrons. The number of nitrogens with zero attached hydrogens (tertiary/aromatic N) is 2. The molecule has 0 aliphatic carbocycles. The van der Waals surface area contributed by atoms with Gasteiger partial charge in [-0.05, 0) is 18.2 Å². The summed E-state index contributed by atoms with van der Waals surface area (Å²) < 4.78 is 31.9. The Hall–Kier alpha value is -2.28. The number of hydrogen-bond acceptors (Lipinski definition) is 5. The number of para-hydroxylation sites is 2. The van der Waals surface area contributed by atoms with E-state index in [0.717, 1.165) is 6.08 Å². The lowest BCUT2D eigenvalue weighted by Crippen LogP contribution is -2.23. The molecule has 21 heavy (non-hydrogen) atoms. The van der Waals surface area contributed by atoms with E-state index < -0.39 is 29.5 Å². The second kappa shape index (κ2) is 6.01. The number of carbonyl (C=O) groups excluding carboxylic acids is 1. The first-order valence-corrected chi connectivity index (χ1v) is 6.10. The predicted molar refractivity (Wildman–Crippen MR) is 68.9 cm³/mol. The summed E-state index contributed by atoms with van der Waals surface area (Å²) in [4.78, 5) is 17.6. The second-order valence-electron chi connectivity index (χ2n) is 3.94. The van der Waals surface area contributed by atoms with Crippen LogP contribution < -0.4 is 5.11 Å². The maximum Gasteiger partial charge on any atom is 0.311 e. The van der Waals surface area contributed by atoms with Crippen molar-refractivity contribution in [3.63, 3.8) is 0 Å². The van der Waals surface area contributed by atoms with Crippen molar-refractivity contribution in [3.8, 4) is 0 Å². The third-order valence-corrected chi connectivity index (χ3v) is 2.73. The van der Waals surface area contributed by atoms with Crippen LogP contribution in [-0.2, 0) is 10.7 Å². The molecule has 1 heterocycles. The molecule has 0 atom stereocenters. The van der Waals surface area contributed by atoms with Gasteiger partial charge in [0.1, 0.15) is 0 Å². The molecule has 0 unspecified atom stereocenters. The number of halogens is 3. The molecule has 0 saturated carbocycles. The summed E-state index contributed by atoms with van der Waals surface area (Å²) in [6.07, 6.45) is -0.518. The molecule has 0 saturated heterocycles. The van der Waals surface area contributed by atoms with Gasteiger partial charge in [-0.2, -0.15) is 8.78 Å². The van der Waals surface area contributed by atoms with Gasteiger partial charge in [0.15, 0.2) is 10.8 Å². The van der Waals surface area contributed by atoms with Crippen LogP contribution in [0.3, 0.4) is 0 Å². The first-order valence-electron chi connectivity index (χ1n) is 5.72. The minimum atomic E-state index is -3.51. The van der Waals surface area contributed by atoms with Crippen LogP contribution in [0.1, 0.15) is 5.69 Å². The fraction of sp³-hybridized carbons (Fsp3) is 0.154. The van der Waals surface area contributed by atoms with Crippen molar-refractivity contribution >= 4 is 28.8 Å². The van der Waals surface area contributed by atoms with E-state index in [0.29, 0.717) is 11.6 Å². The highest BCUT2D eigenvalue weighted by Crippen LogP contribution is 2.33. The number of allylic oxidation sites excluding steroid dienone is 1. The van der Waals surface area contributed by atoms with Crippen molar-refractivity contribution < 1.29 is 23.4 Å². The van der Waals surface area contributed by atoms with Gasteiger partial charge in [-0.3, -0.25) is 0 Å². The van der Waals surface area contributed by atoms with Gasteiger partial charge < -0.3 is 14.6 Å². The van der Waals surface area contributed by atoms with Crippen molar-refractivity contribution in [2.75, 3.05) is 6.61 Å². The minimum absolute atomic E-state index is 0.274. The van der Waals surface area contributed by atoms with Gasteiger partial charge in [-0.15, -0.1) is 0 Å². The Bertz CT molecular complexity index is 707. The van der Waals surface area contributed by atoms with Crippen LogP contribution in [-0.4, -0.2) is 22.7 Å². The Morgan fingerprint density at radius 3 is 2.57 bits per heavy atom. The zero-order valence-corrected chi connectivity index (χ0v) is 11.2. The first kappa shape index (κ1) is 15.1. The lowest BCUT2D eigenvalue weighted by atomic mass is 10.2. The van der Waals surface area contributed by atoms with Crippen LogP contribution in [0.25, 0.3) is 11.0 Å². The summed E-state index contributed by atoms with van der Waals surface area (Å²) in [6.45, 7) is -0.559. The summed E-state index contributed by atoms with van der Waals surface area (Å²) in [5, 5.41) is 9.57. The Kier molecular flexibility index (Phi) is 4.32. The van der Waals surface area contributed by atoms with Crippen molar-refractivity contribution in [1.29, 1.82) is 0 Å². The van der Waals surface area contributed by atoms with Gasteiger partial charge in [-0.25, -0.2) is 9.97 Å². The van der Waals surface area contributed by atoms with Crippen LogP contribution in [0.5, 0.6) is 0 Å². The normalized spacial score (nSPS) is 12.0. The molecule has 0 radical (unpaired) electrons. The number of carbonyl (C=O) groups is 1. The molecule has 0 bridgehead atoms. The van der Waals surface area contributed by atoms with E-state index in [9.17, 15) is 18.7 Å². The summed E-state index contributed by atoms with van der Waals surface area (Å²) in [5.41, 5.74) is -0.0464. The fourth-order valence-corrected chi connectivity index (χ4v) is 1.84. The molecule has 0 N–H and O–H groups in total. The largest absolute Gasteiger partial charge is 0.546 e. The molecule has 0 aliphatic rings. The van der Waals surface area contributed by atoms with Gasteiger partial charge in [-0.1, -0.05) is 29.8 Å². The van der Waals surface area contributed by atoms with E-state index in [1.54, 1.807) is 18.2 Å². The highest BCUT2D eigenvalue weighted by atomic mass is 35.5. The highest BCUT2D eigenvalue weighted by molar-refractivity contribution is 6.30. The number of alkyl halides is 2. The molecule has 0 spiro atoms. The number of ether oxygens (including phenoxy) is 1. The van der Waals surface area contributed by atoms with Crippen LogP contribution in [0.15, 0.2) is 36.4 Å². The molecule has 1 aromatic heterocycles. The summed E-state index contributed by atoms with van der Waals surface area (Å²) in [6, 6.07) is 6.44. The van der Waals surface area contributed by atoms with Gasteiger partial charge in [0.2, 0.25) is 0 Å². The number of rotatable bonds is 4. The molecule has 2 aromatic rings. The first-order chi connectivity index (χ1) is 9.90. The molecule has 0 amide bonds. The van der Waals surface area contributed by atoms with E-state index in [4.69, 9.17) is 11.6 Å². The molecule has 0 fully saturated rings. The lowest BCUT2D eigenvalue weighted by molar-refractivity contribution is -0.281. The summed E-state index contributed by atoms with van der Waals surface area (Å²) in [7, 11) is 0. The lowest BCUT2D eigenvalue weighted by Gasteiger charge is -2.13. The van der Waals surface area contributed by atoms with Gasteiger partial charge in [0.25, 0.3) is 6.16 Å². The number of fused-ring (bicyclic) bond motifs is 1. The van der Waals surface area contributed by atoms with Crippen LogP contribution in [0.2, 0.25) is 5.15 Å². The van der Waals surface area contributed by atoms with Crippen LogP contribution in [0, 0.1) is 0 Å². The van der Waals surface area contributed by atoms with Gasteiger partial charge in [0.05, 0.1) is 11.0 Å². The summed E-state index contributed by atoms with van der Waals surface area (Å²) >= 11 is 5.73. The van der Waals surface area contributed by atoms with E-state index in [1.165, 1.54) is 6.07 Å². The SMILES string of the molecule is O=C([O-])OC/C=C/C(F)(F)c1nc2ccccc2nc1Cl. The van der Waals surface area contributed by atoms with Gasteiger partial charge >= 0.3 is 5.92 Å². The minimum Gasteiger partial charge on any atom is -0.546 e. The maximum absolute atomic E-state index is 14.0. The monoisotopic (exact) mass is 313 g/mol. The Morgan fingerprint density at radius 1 is 1.33 bits per heavy atom.